The van der Waals surface area contributed by atoms with Gasteiger partial charge in [0.25, 0.3) is 0 Å². The summed E-state index contributed by atoms with van der Waals surface area (Å²) in [4.78, 5) is 3.09. The van der Waals surface area contributed by atoms with Crippen molar-refractivity contribution in [3.8, 4) is 0 Å². The Hall–Kier alpha value is -0.410. The number of nitrogens with zero attached hydrogens (tertiary/aromatic N) is 1. The Bertz CT molecular complexity index is 569. The SMILES string of the molecule is C=CC[n+]1c[nH]c2cc(C(Cl)(Cl)Cl)c(Cl)cc21. The number of fused-ring (bicyclic) bond motifs is 1. The van der Waals surface area contributed by atoms with Crippen LogP contribution < -0.4 is 4.57 Å². The summed E-state index contributed by atoms with van der Waals surface area (Å²) in [5.74, 6) is 0. The van der Waals surface area contributed by atoms with Gasteiger partial charge in [0.2, 0.25) is 10.1 Å². The van der Waals surface area contributed by atoms with Gasteiger partial charge >= 0.3 is 0 Å². The van der Waals surface area contributed by atoms with Crippen LogP contribution in [-0.2, 0) is 10.3 Å². The summed E-state index contributed by atoms with van der Waals surface area (Å²) in [6.07, 6.45) is 3.62. The van der Waals surface area contributed by atoms with E-state index in [2.05, 4.69) is 11.6 Å². The van der Waals surface area contributed by atoms with Crippen LogP contribution in [0.1, 0.15) is 5.56 Å². The summed E-state index contributed by atoms with van der Waals surface area (Å²) in [5.41, 5.74) is 2.26. The highest BCUT2D eigenvalue weighted by molar-refractivity contribution is 6.67. The van der Waals surface area contributed by atoms with Crippen LogP contribution in [0.5, 0.6) is 0 Å². The summed E-state index contributed by atoms with van der Waals surface area (Å²) in [5, 5.41) is 0.426. The maximum atomic E-state index is 6.11. The van der Waals surface area contributed by atoms with Gasteiger partial charge < -0.3 is 0 Å². The first-order valence-corrected chi connectivity index (χ1v) is 6.33. The van der Waals surface area contributed by atoms with Crippen molar-refractivity contribution in [1.82, 2.24) is 4.98 Å². The molecule has 1 N–H and O–H groups in total. The number of aromatic amines is 1. The zero-order chi connectivity index (χ0) is 12.6. The number of nitrogens with one attached hydrogen (secondary N) is 1. The van der Waals surface area contributed by atoms with Crippen LogP contribution in [0, 0.1) is 0 Å². The lowest BCUT2D eigenvalue weighted by Gasteiger charge is -2.12. The van der Waals surface area contributed by atoms with Crippen molar-refractivity contribution in [2.45, 2.75) is 10.3 Å². The van der Waals surface area contributed by atoms with Crippen LogP contribution in [0.4, 0.5) is 0 Å². The number of imidazole rings is 1. The molecule has 2 aromatic rings. The van der Waals surface area contributed by atoms with Crippen molar-refractivity contribution in [3.63, 3.8) is 0 Å². The van der Waals surface area contributed by atoms with E-state index in [9.17, 15) is 0 Å². The number of rotatable bonds is 2. The standard InChI is InChI=1S/C11H8Cl4N2/c1-2-3-17-6-16-9-4-7(11(13,14)15)8(12)5-10(9)17/h2,4-6H,1,3H2/p+1. The monoisotopic (exact) mass is 309 g/mol. The predicted molar refractivity (Wildman–Crippen MR) is 72.9 cm³/mol. The van der Waals surface area contributed by atoms with Crippen molar-refractivity contribution < 1.29 is 4.57 Å². The van der Waals surface area contributed by atoms with Crippen LogP contribution in [0.2, 0.25) is 5.02 Å². The van der Waals surface area contributed by atoms with Crippen molar-refractivity contribution in [2.24, 2.45) is 0 Å². The van der Waals surface area contributed by atoms with E-state index in [1.807, 2.05) is 10.9 Å². The molecule has 1 heterocycles. The molecule has 0 spiro atoms. The highest BCUT2D eigenvalue weighted by Crippen LogP contribution is 2.42. The lowest BCUT2D eigenvalue weighted by atomic mass is 10.2. The highest BCUT2D eigenvalue weighted by atomic mass is 35.6. The molecular formula is C11H9Cl4N2+. The Balaban J connectivity index is 2.64. The van der Waals surface area contributed by atoms with Crippen LogP contribution in [0.25, 0.3) is 11.0 Å². The number of halogens is 4. The Morgan fingerprint density at radius 2 is 2.06 bits per heavy atom. The van der Waals surface area contributed by atoms with E-state index in [0.29, 0.717) is 17.1 Å². The molecule has 6 heteroatoms. The predicted octanol–water partition coefficient (Wildman–Crippen LogP) is 4.12. The number of aromatic nitrogens is 2. The molecule has 2 nitrogen and oxygen atoms in total. The van der Waals surface area contributed by atoms with E-state index < -0.39 is 3.79 Å². The third-order valence-electron chi connectivity index (χ3n) is 2.40. The van der Waals surface area contributed by atoms with Gasteiger partial charge in [-0.2, -0.15) is 0 Å². The summed E-state index contributed by atoms with van der Waals surface area (Å²) in [6.45, 7) is 4.37. The molecular weight excluding hydrogens is 302 g/mol. The Kier molecular flexibility index (Phi) is 3.60. The topological polar surface area (TPSA) is 19.7 Å². The van der Waals surface area contributed by atoms with E-state index in [1.54, 1.807) is 18.2 Å². The fourth-order valence-corrected chi connectivity index (χ4v) is 2.55. The van der Waals surface area contributed by atoms with E-state index in [-0.39, 0.29) is 0 Å². The molecule has 0 aliphatic rings. The maximum absolute atomic E-state index is 6.11. The van der Waals surface area contributed by atoms with Crippen molar-refractivity contribution in [2.75, 3.05) is 0 Å². The second-order valence-corrected chi connectivity index (χ2v) is 6.25. The van der Waals surface area contributed by atoms with Gasteiger partial charge in [-0.15, -0.1) is 0 Å². The average Bonchev–Trinajstić information content (AvgIpc) is 2.59. The average molecular weight is 311 g/mol. The molecule has 0 saturated carbocycles. The molecule has 0 amide bonds. The zero-order valence-corrected chi connectivity index (χ0v) is 11.7. The molecule has 0 saturated heterocycles. The molecule has 0 aliphatic carbocycles. The van der Waals surface area contributed by atoms with Gasteiger partial charge in [-0.3, -0.25) is 0 Å². The lowest BCUT2D eigenvalue weighted by molar-refractivity contribution is -0.660. The fraction of sp³-hybridized carbons (Fsp3) is 0.182. The Labute approximate surface area is 119 Å². The third-order valence-corrected chi connectivity index (χ3v) is 3.33. The first-order valence-electron chi connectivity index (χ1n) is 4.81. The van der Waals surface area contributed by atoms with Crippen LogP contribution >= 0.6 is 46.4 Å². The van der Waals surface area contributed by atoms with E-state index in [1.165, 1.54) is 0 Å². The van der Waals surface area contributed by atoms with Gasteiger partial charge in [0.05, 0.1) is 5.02 Å². The molecule has 0 aliphatic heterocycles. The van der Waals surface area contributed by atoms with Gasteiger partial charge in [-0.25, -0.2) is 9.55 Å². The van der Waals surface area contributed by atoms with Gasteiger partial charge in [0.1, 0.15) is 6.54 Å². The molecule has 0 bridgehead atoms. The second-order valence-electron chi connectivity index (χ2n) is 3.56. The molecule has 0 atom stereocenters. The minimum Gasteiger partial charge on any atom is -0.243 e. The van der Waals surface area contributed by atoms with Gasteiger partial charge in [0.15, 0.2) is 11.0 Å². The first kappa shape index (κ1) is 13.0. The van der Waals surface area contributed by atoms with Crippen LogP contribution in [0.15, 0.2) is 31.1 Å². The summed E-state index contributed by atoms with van der Waals surface area (Å²) >= 11 is 23.6. The fourth-order valence-electron chi connectivity index (χ4n) is 1.64. The quantitative estimate of drug-likeness (QED) is 0.489. The van der Waals surface area contributed by atoms with Crippen molar-refractivity contribution in [3.05, 3.63) is 41.7 Å². The maximum Gasteiger partial charge on any atom is 0.242 e. The molecule has 1 aromatic carbocycles. The number of alkyl halides is 3. The summed E-state index contributed by atoms with van der Waals surface area (Å²) in [7, 11) is 0. The third kappa shape index (κ3) is 2.55. The second kappa shape index (κ2) is 4.69. The Morgan fingerprint density at radius 1 is 1.35 bits per heavy atom. The number of allylic oxidation sites excluding steroid dienone is 1. The molecule has 0 radical (unpaired) electrons. The number of benzene rings is 1. The van der Waals surface area contributed by atoms with E-state index in [4.69, 9.17) is 46.4 Å². The van der Waals surface area contributed by atoms with E-state index >= 15 is 0 Å². The smallest absolute Gasteiger partial charge is 0.242 e. The molecule has 1 aromatic heterocycles. The summed E-state index contributed by atoms with van der Waals surface area (Å²) < 4.78 is 0.440. The minimum absolute atomic E-state index is 0.426. The minimum atomic E-state index is -1.53. The highest BCUT2D eigenvalue weighted by Gasteiger charge is 2.28. The Morgan fingerprint density at radius 3 is 2.65 bits per heavy atom. The zero-order valence-electron chi connectivity index (χ0n) is 8.68. The van der Waals surface area contributed by atoms with Gasteiger partial charge in [-0.05, 0) is 6.07 Å². The molecule has 2 rings (SSSR count). The molecule has 17 heavy (non-hydrogen) atoms. The molecule has 0 fully saturated rings. The number of H-pyrrole nitrogens is 1. The number of hydrogen-bond donors (Lipinski definition) is 1. The van der Waals surface area contributed by atoms with Crippen molar-refractivity contribution >= 4 is 57.4 Å². The number of hydrogen-bond acceptors (Lipinski definition) is 0. The van der Waals surface area contributed by atoms with Crippen molar-refractivity contribution in [1.29, 1.82) is 0 Å². The van der Waals surface area contributed by atoms with Gasteiger partial charge in [-0.1, -0.05) is 59.1 Å². The van der Waals surface area contributed by atoms with E-state index in [0.717, 1.165) is 11.0 Å². The van der Waals surface area contributed by atoms with Gasteiger partial charge in [0, 0.05) is 11.6 Å². The lowest BCUT2D eigenvalue weighted by Crippen LogP contribution is -2.30. The normalized spacial score (nSPS) is 12.0. The van der Waals surface area contributed by atoms with Crippen LogP contribution in [-0.4, -0.2) is 4.98 Å². The summed E-state index contributed by atoms with van der Waals surface area (Å²) in [6, 6.07) is 3.51. The molecule has 90 valence electrons. The first-order chi connectivity index (χ1) is 7.93. The largest absolute Gasteiger partial charge is 0.243 e. The molecule has 0 unspecified atom stereocenters. The van der Waals surface area contributed by atoms with Crippen LogP contribution in [0.3, 0.4) is 0 Å².